The number of hydrogen-bond donors (Lipinski definition) is 0. The van der Waals surface area contributed by atoms with Crippen LogP contribution in [0.4, 0.5) is 5.69 Å². The fourth-order valence-corrected chi connectivity index (χ4v) is 2.39. The van der Waals surface area contributed by atoms with Crippen molar-refractivity contribution in [2.45, 2.75) is 6.92 Å². The number of benzene rings is 2. The van der Waals surface area contributed by atoms with Crippen molar-refractivity contribution in [1.82, 2.24) is 9.55 Å². The fourth-order valence-electron chi connectivity index (χ4n) is 2.39. The molecule has 3 nitrogen and oxygen atoms in total. The quantitative estimate of drug-likeness (QED) is 0.723. The minimum absolute atomic E-state index is 0.989. The van der Waals surface area contributed by atoms with Gasteiger partial charge in [-0.3, -0.25) is 0 Å². The minimum Gasteiger partial charge on any atom is -0.376 e. The highest BCUT2D eigenvalue weighted by molar-refractivity contribution is 5.64. The van der Waals surface area contributed by atoms with Gasteiger partial charge in [0.25, 0.3) is 0 Å². The second-order valence-electron chi connectivity index (χ2n) is 5.42. The third-order valence-corrected chi connectivity index (χ3v) is 3.57. The Labute approximate surface area is 125 Å². The molecule has 1 aromatic heterocycles. The molecule has 3 rings (SSSR count). The minimum atomic E-state index is 0.989. The van der Waals surface area contributed by atoms with Crippen LogP contribution in [-0.4, -0.2) is 23.6 Å². The summed E-state index contributed by atoms with van der Waals surface area (Å²) in [5, 5.41) is 0. The molecule has 0 unspecified atom stereocenters. The smallest absolute Gasteiger partial charge is 0.1000 e. The topological polar surface area (TPSA) is 21.1 Å². The summed E-state index contributed by atoms with van der Waals surface area (Å²) in [6, 6.07) is 16.8. The summed E-state index contributed by atoms with van der Waals surface area (Å²) in [6.45, 7) is 2.09. The average Bonchev–Trinajstić information content (AvgIpc) is 2.97. The molecule has 0 N–H and O–H groups in total. The Kier molecular flexibility index (Phi) is 3.48. The monoisotopic (exact) mass is 277 g/mol. The summed E-state index contributed by atoms with van der Waals surface area (Å²) in [4.78, 5) is 6.65. The van der Waals surface area contributed by atoms with E-state index < -0.39 is 0 Å². The van der Waals surface area contributed by atoms with Crippen molar-refractivity contribution in [3.05, 3.63) is 66.6 Å². The first-order valence-corrected chi connectivity index (χ1v) is 7.03. The molecule has 3 aromatic rings. The van der Waals surface area contributed by atoms with E-state index in [0.717, 1.165) is 16.9 Å². The fraction of sp³-hybridized carbons (Fsp3) is 0.167. The van der Waals surface area contributed by atoms with Gasteiger partial charge in [-0.15, -0.1) is 0 Å². The largest absolute Gasteiger partial charge is 0.376 e. The first kappa shape index (κ1) is 13.4. The van der Waals surface area contributed by atoms with Crippen LogP contribution >= 0.6 is 0 Å². The first-order chi connectivity index (χ1) is 10.1. The van der Waals surface area contributed by atoms with Gasteiger partial charge in [0.05, 0.1) is 23.4 Å². The highest BCUT2D eigenvalue weighted by atomic mass is 15.1. The van der Waals surface area contributed by atoms with Crippen LogP contribution in [0.1, 0.15) is 5.56 Å². The molecule has 0 radical (unpaired) electrons. The van der Waals surface area contributed by atoms with E-state index in [4.69, 9.17) is 0 Å². The zero-order chi connectivity index (χ0) is 14.8. The molecule has 0 saturated heterocycles. The lowest BCUT2D eigenvalue weighted by Gasteiger charge is -2.17. The molecule has 0 fully saturated rings. The van der Waals surface area contributed by atoms with E-state index in [9.17, 15) is 0 Å². The van der Waals surface area contributed by atoms with Gasteiger partial charge in [0.2, 0.25) is 0 Å². The Bertz CT molecular complexity index is 739. The van der Waals surface area contributed by atoms with Gasteiger partial charge in [0.15, 0.2) is 0 Å². The number of rotatable bonds is 3. The van der Waals surface area contributed by atoms with E-state index in [1.165, 1.54) is 11.3 Å². The van der Waals surface area contributed by atoms with Crippen LogP contribution in [0.25, 0.3) is 16.9 Å². The normalized spacial score (nSPS) is 10.6. The van der Waals surface area contributed by atoms with Gasteiger partial charge in [-0.2, -0.15) is 0 Å². The molecule has 0 atom stereocenters. The van der Waals surface area contributed by atoms with Gasteiger partial charge in [0, 0.05) is 25.9 Å². The number of aromatic nitrogens is 2. The van der Waals surface area contributed by atoms with Gasteiger partial charge in [0.1, 0.15) is 0 Å². The van der Waals surface area contributed by atoms with Crippen molar-refractivity contribution in [3.63, 3.8) is 0 Å². The zero-order valence-electron chi connectivity index (χ0n) is 12.6. The summed E-state index contributed by atoms with van der Waals surface area (Å²) < 4.78 is 2.07. The molecule has 0 saturated carbocycles. The molecule has 106 valence electrons. The van der Waals surface area contributed by atoms with Crippen LogP contribution in [0.2, 0.25) is 0 Å². The van der Waals surface area contributed by atoms with E-state index in [0.29, 0.717) is 0 Å². The molecule has 0 bridgehead atoms. The summed E-state index contributed by atoms with van der Waals surface area (Å²) >= 11 is 0. The Morgan fingerprint density at radius 1 is 0.952 bits per heavy atom. The molecular formula is C18H19N3. The summed E-state index contributed by atoms with van der Waals surface area (Å²) in [6.07, 6.45) is 3.95. The van der Waals surface area contributed by atoms with Crippen molar-refractivity contribution < 1.29 is 0 Å². The van der Waals surface area contributed by atoms with Gasteiger partial charge < -0.3 is 9.47 Å². The van der Waals surface area contributed by atoms with Crippen LogP contribution in [0.15, 0.2) is 61.1 Å². The molecule has 0 aliphatic rings. The van der Waals surface area contributed by atoms with Gasteiger partial charge in [-0.1, -0.05) is 42.0 Å². The second kappa shape index (κ2) is 5.44. The number of hydrogen-bond acceptors (Lipinski definition) is 2. The maximum absolute atomic E-state index is 4.54. The molecular weight excluding hydrogens is 258 g/mol. The van der Waals surface area contributed by atoms with Crippen LogP contribution in [0, 0.1) is 6.92 Å². The number of anilines is 1. The second-order valence-corrected chi connectivity index (χ2v) is 5.42. The zero-order valence-corrected chi connectivity index (χ0v) is 12.6. The molecule has 3 heteroatoms. The van der Waals surface area contributed by atoms with E-state index in [1.807, 2.05) is 12.4 Å². The van der Waals surface area contributed by atoms with Crippen molar-refractivity contribution in [2.75, 3.05) is 19.0 Å². The highest BCUT2D eigenvalue weighted by Crippen LogP contribution is 2.25. The maximum Gasteiger partial charge on any atom is 0.1000 e. The lowest BCUT2D eigenvalue weighted by molar-refractivity contribution is 1.02. The lowest BCUT2D eigenvalue weighted by Crippen LogP contribution is -2.11. The Morgan fingerprint density at radius 3 is 2.38 bits per heavy atom. The van der Waals surface area contributed by atoms with Crippen molar-refractivity contribution in [3.8, 4) is 16.9 Å². The molecule has 1 heterocycles. The van der Waals surface area contributed by atoms with Crippen LogP contribution in [0.3, 0.4) is 0 Å². The number of imidazole rings is 1. The third-order valence-electron chi connectivity index (χ3n) is 3.57. The molecule has 0 aliphatic heterocycles. The number of nitrogens with zero attached hydrogens (tertiary/aromatic N) is 3. The standard InChI is InChI=1S/C18H19N3/c1-14-8-10-15(11-9-14)16-12-21(13-19-16)18-7-5-4-6-17(18)20(2)3/h4-13H,1-3H3. The van der Waals surface area contributed by atoms with Crippen molar-refractivity contribution in [1.29, 1.82) is 0 Å². The van der Waals surface area contributed by atoms with Gasteiger partial charge in [-0.25, -0.2) is 4.98 Å². The average molecular weight is 277 g/mol. The van der Waals surface area contributed by atoms with Gasteiger partial charge in [-0.05, 0) is 19.1 Å². The van der Waals surface area contributed by atoms with Gasteiger partial charge >= 0.3 is 0 Å². The van der Waals surface area contributed by atoms with E-state index >= 15 is 0 Å². The summed E-state index contributed by atoms with van der Waals surface area (Å²) in [5.41, 5.74) is 5.69. The van der Waals surface area contributed by atoms with E-state index in [1.54, 1.807) is 0 Å². The van der Waals surface area contributed by atoms with Crippen LogP contribution in [-0.2, 0) is 0 Å². The maximum atomic E-state index is 4.54. The number of aryl methyl sites for hydroxylation is 1. The van der Waals surface area contributed by atoms with Crippen LogP contribution < -0.4 is 4.90 Å². The Morgan fingerprint density at radius 2 is 1.67 bits per heavy atom. The molecule has 0 aliphatic carbocycles. The van der Waals surface area contributed by atoms with E-state index in [-0.39, 0.29) is 0 Å². The Hall–Kier alpha value is -2.55. The van der Waals surface area contributed by atoms with E-state index in [2.05, 4.69) is 84.1 Å². The summed E-state index contributed by atoms with van der Waals surface area (Å²) in [7, 11) is 4.10. The SMILES string of the molecule is Cc1ccc(-c2cn(-c3ccccc3N(C)C)cn2)cc1. The molecule has 0 spiro atoms. The number of para-hydroxylation sites is 2. The predicted octanol–water partition coefficient (Wildman–Crippen LogP) is 3.91. The summed E-state index contributed by atoms with van der Waals surface area (Å²) in [5.74, 6) is 0. The van der Waals surface area contributed by atoms with Crippen LogP contribution in [0.5, 0.6) is 0 Å². The molecule has 2 aromatic carbocycles. The highest BCUT2D eigenvalue weighted by Gasteiger charge is 2.08. The third kappa shape index (κ3) is 2.68. The first-order valence-electron chi connectivity index (χ1n) is 7.03. The molecule has 0 amide bonds. The predicted molar refractivity (Wildman–Crippen MR) is 88.1 cm³/mol. The van der Waals surface area contributed by atoms with Crippen molar-refractivity contribution >= 4 is 5.69 Å². The lowest BCUT2D eigenvalue weighted by atomic mass is 10.1. The van der Waals surface area contributed by atoms with Crippen molar-refractivity contribution in [2.24, 2.45) is 0 Å². The Balaban J connectivity index is 2.01. The molecule has 21 heavy (non-hydrogen) atoms.